The van der Waals surface area contributed by atoms with Crippen molar-refractivity contribution in [2.45, 2.75) is 11.9 Å². The SMILES string of the molecule is O=S(=O)([O-])OC(O)(O)C(O)(O)OS(=O)(=O)[O-]. The Balaban J connectivity index is 5.14. The molecule has 16 heavy (non-hydrogen) atoms. The Kier molecular flexibility index (Phi) is 4.00. The Bertz CT molecular complexity index is 393. The summed E-state index contributed by atoms with van der Waals surface area (Å²) in [4.78, 5) is 0. The van der Waals surface area contributed by atoms with Crippen LogP contribution in [0.3, 0.4) is 0 Å². The van der Waals surface area contributed by atoms with Crippen LogP contribution < -0.4 is 0 Å². The Labute approximate surface area is 88.2 Å². The fraction of sp³-hybridized carbons (Fsp3) is 1.00. The second kappa shape index (κ2) is 4.11. The monoisotopic (exact) mass is 284 g/mol. The highest BCUT2D eigenvalue weighted by Gasteiger charge is 2.55. The summed E-state index contributed by atoms with van der Waals surface area (Å²) < 4.78 is 64.6. The normalized spacial score (nSPS) is 15.1. The van der Waals surface area contributed by atoms with E-state index in [1.54, 1.807) is 0 Å². The van der Waals surface area contributed by atoms with Crippen molar-refractivity contribution >= 4 is 20.8 Å². The van der Waals surface area contributed by atoms with E-state index in [-0.39, 0.29) is 0 Å². The van der Waals surface area contributed by atoms with Crippen molar-refractivity contribution in [3.8, 4) is 0 Å². The number of hydrogen-bond donors (Lipinski definition) is 4. The van der Waals surface area contributed by atoms with Gasteiger partial charge in [-0.1, -0.05) is 0 Å². The van der Waals surface area contributed by atoms with Crippen molar-refractivity contribution < 1.29 is 54.7 Å². The van der Waals surface area contributed by atoms with Crippen LogP contribution in [0.4, 0.5) is 0 Å². The first-order chi connectivity index (χ1) is 6.66. The molecule has 0 fully saturated rings. The van der Waals surface area contributed by atoms with Crippen LogP contribution in [0.1, 0.15) is 0 Å². The highest BCUT2D eigenvalue weighted by Crippen LogP contribution is 2.23. The molecular weight excluding hydrogens is 280 g/mol. The van der Waals surface area contributed by atoms with E-state index in [4.69, 9.17) is 20.4 Å². The summed E-state index contributed by atoms with van der Waals surface area (Å²) >= 11 is 0. The first-order valence-electron chi connectivity index (χ1n) is 2.89. The number of aliphatic hydroxyl groups is 4. The van der Waals surface area contributed by atoms with E-state index in [0.717, 1.165) is 0 Å². The van der Waals surface area contributed by atoms with Crippen LogP contribution in [0.2, 0.25) is 0 Å². The topological polar surface area (TPSA) is 214 Å². The maximum atomic E-state index is 9.86. The summed E-state index contributed by atoms with van der Waals surface area (Å²) in [6, 6.07) is 0. The van der Waals surface area contributed by atoms with Crippen molar-refractivity contribution in [1.29, 1.82) is 0 Å². The third-order valence-electron chi connectivity index (χ3n) is 0.861. The van der Waals surface area contributed by atoms with Gasteiger partial charge in [-0.3, -0.25) is 0 Å². The minimum atomic E-state index is -5.87. The molecule has 98 valence electrons. The molecule has 0 aliphatic carbocycles. The molecule has 0 radical (unpaired) electrons. The van der Waals surface area contributed by atoms with E-state index >= 15 is 0 Å². The molecule has 0 aromatic carbocycles. The van der Waals surface area contributed by atoms with E-state index in [2.05, 4.69) is 8.37 Å². The molecule has 0 bridgehead atoms. The van der Waals surface area contributed by atoms with Gasteiger partial charge in [0.05, 0.1) is 0 Å². The predicted molar refractivity (Wildman–Crippen MR) is 35.9 cm³/mol. The summed E-state index contributed by atoms with van der Waals surface area (Å²) in [5.74, 6) is -9.41. The van der Waals surface area contributed by atoms with Crippen molar-refractivity contribution in [3.63, 3.8) is 0 Å². The zero-order valence-electron chi connectivity index (χ0n) is 6.87. The summed E-state index contributed by atoms with van der Waals surface area (Å²) in [6.07, 6.45) is 0. The lowest BCUT2D eigenvalue weighted by atomic mass is 10.5. The molecule has 0 aromatic rings. The Morgan fingerprint density at radius 3 is 1.06 bits per heavy atom. The Morgan fingerprint density at radius 2 is 0.938 bits per heavy atom. The third kappa shape index (κ3) is 5.07. The van der Waals surface area contributed by atoms with Crippen molar-refractivity contribution in [2.24, 2.45) is 0 Å². The van der Waals surface area contributed by atoms with Gasteiger partial charge in [0.15, 0.2) is 0 Å². The minimum absolute atomic E-state index is 2.74. The standard InChI is InChI=1S/C2H6O12S2/c3-1(4,13-15(7,8)9)2(5,6)14-16(10,11)12/h3-6H,(H,7,8,9)(H,10,11,12)/p-2. The predicted octanol–water partition coefficient (Wildman–Crippen LogP) is -4.78. The zero-order chi connectivity index (χ0) is 13.4. The van der Waals surface area contributed by atoms with Crippen LogP contribution >= 0.6 is 0 Å². The molecule has 14 heteroatoms. The lowest BCUT2D eigenvalue weighted by molar-refractivity contribution is -0.492. The van der Waals surface area contributed by atoms with Gasteiger partial charge in [0, 0.05) is 0 Å². The van der Waals surface area contributed by atoms with Crippen LogP contribution in [0.5, 0.6) is 0 Å². The minimum Gasteiger partial charge on any atom is -0.725 e. The van der Waals surface area contributed by atoms with Gasteiger partial charge >= 0.3 is 11.9 Å². The molecule has 0 saturated carbocycles. The Hall–Kier alpha value is -0.420. The van der Waals surface area contributed by atoms with Crippen molar-refractivity contribution in [1.82, 2.24) is 0 Å². The van der Waals surface area contributed by atoms with Gasteiger partial charge in [-0.15, -0.1) is 0 Å². The smallest absolute Gasteiger partial charge is 0.379 e. The fourth-order valence-corrected chi connectivity index (χ4v) is 1.18. The summed E-state index contributed by atoms with van der Waals surface area (Å²) in [5.41, 5.74) is 0. The van der Waals surface area contributed by atoms with E-state index < -0.39 is 32.7 Å². The fourth-order valence-electron chi connectivity index (χ4n) is 0.393. The van der Waals surface area contributed by atoms with Crippen molar-refractivity contribution in [3.05, 3.63) is 0 Å². The van der Waals surface area contributed by atoms with Crippen LogP contribution in [0.25, 0.3) is 0 Å². The van der Waals surface area contributed by atoms with Gasteiger partial charge in [-0.2, -0.15) is 0 Å². The van der Waals surface area contributed by atoms with Gasteiger partial charge in [0.1, 0.15) is 0 Å². The third-order valence-corrected chi connectivity index (χ3v) is 1.73. The molecule has 0 saturated heterocycles. The second-order valence-corrected chi connectivity index (χ2v) is 4.17. The van der Waals surface area contributed by atoms with E-state index in [9.17, 15) is 25.9 Å². The highest BCUT2D eigenvalue weighted by molar-refractivity contribution is 7.81. The number of rotatable bonds is 5. The molecule has 0 aliphatic heterocycles. The average Bonchev–Trinajstić information content (AvgIpc) is 1.72. The molecule has 0 atom stereocenters. The lowest BCUT2D eigenvalue weighted by Gasteiger charge is -2.33. The summed E-state index contributed by atoms with van der Waals surface area (Å²) in [5, 5.41) is 33.9. The van der Waals surface area contributed by atoms with E-state index in [1.165, 1.54) is 0 Å². The first-order valence-corrected chi connectivity index (χ1v) is 5.55. The average molecular weight is 284 g/mol. The molecule has 0 spiro atoms. The molecule has 12 nitrogen and oxygen atoms in total. The van der Waals surface area contributed by atoms with Gasteiger partial charge < -0.3 is 29.5 Å². The second-order valence-electron chi connectivity index (χ2n) is 2.20. The largest absolute Gasteiger partial charge is 0.725 e. The molecule has 0 unspecified atom stereocenters. The lowest BCUT2D eigenvalue weighted by Crippen LogP contribution is -2.59. The Morgan fingerprint density at radius 1 is 0.750 bits per heavy atom. The number of hydrogen-bond acceptors (Lipinski definition) is 12. The zero-order valence-corrected chi connectivity index (χ0v) is 8.50. The maximum Gasteiger partial charge on any atom is 0.379 e. The molecule has 4 N–H and O–H groups in total. The molecule has 0 heterocycles. The quantitative estimate of drug-likeness (QED) is 0.212. The molecule has 0 rings (SSSR count). The maximum absolute atomic E-state index is 9.86. The first kappa shape index (κ1) is 15.6. The summed E-state index contributed by atoms with van der Waals surface area (Å²) in [7, 11) is -11.7. The molecule has 0 aromatic heterocycles. The van der Waals surface area contributed by atoms with Crippen LogP contribution in [-0.4, -0.2) is 58.3 Å². The highest BCUT2D eigenvalue weighted by atomic mass is 32.3. The van der Waals surface area contributed by atoms with Gasteiger partial charge in [0.2, 0.25) is 20.8 Å². The van der Waals surface area contributed by atoms with Crippen LogP contribution in [0, 0.1) is 0 Å². The molecular formula is C2H4O12S2-2. The van der Waals surface area contributed by atoms with Crippen LogP contribution in [-0.2, 0) is 29.2 Å². The molecule has 0 amide bonds. The van der Waals surface area contributed by atoms with E-state index in [0.29, 0.717) is 0 Å². The van der Waals surface area contributed by atoms with Gasteiger partial charge in [-0.25, -0.2) is 25.2 Å². The molecule has 0 aliphatic rings. The van der Waals surface area contributed by atoms with Gasteiger partial charge in [-0.05, 0) is 0 Å². The van der Waals surface area contributed by atoms with Crippen LogP contribution in [0.15, 0.2) is 0 Å². The van der Waals surface area contributed by atoms with Gasteiger partial charge in [0.25, 0.3) is 0 Å². The summed E-state index contributed by atoms with van der Waals surface area (Å²) in [6.45, 7) is 0. The van der Waals surface area contributed by atoms with E-state index in [1.807, 2.05) is 0 Å². The van der Waals surface area contributed by atoms with Crippen molar-refractivity contribution in [2.75, 3.05) is 0 Å².